The number of rotatable bonds is 12. The van der Waals surface area contributed by atoms with E-state index in [2.05, 4.69) is 0 Å². The van der Waals surface area contributed by atoms with Crippen molar-refractivity contribution in [3.63, 3.8) is 0 Å². The molecule has 0 aliphatic heterocycles. The Bertz CT molecular complexity index is 1680. The van der Waals surface area contributed by atoms with Crippen LogP contribution in [-0.2, 0) is 30.8 Å². The first-order valence-electron chi connectivity index (χ1n) is 13.7. The number of nitrogens with one attached hydrogen (secondary N) is 1. The molecule has 0 unspecified atom stereocenters. The lowest BCUT2D eigenvalue weighted by Gasteiger charge is -2.26. The molecule has 0 bridgehead atoms. The third kappa shape index (κ3) is 6.77. The Labute approximate surface area is 246 Å². The number of esters is 1. The molecule has 3 N–H and O–H groups in total. The lowest BCUT2D eigenvalue weighted by molar-refractivity contribution is -0.141. The van der Waals surface area contributed by atoms with Crippen LogP contribution in [0.25, 0.3) is 10.8 Å². The first-order chi connectivity index (χ1) is 20.1. The molecule has 0 spiro atoms. The number of hydrogen-bond donors (Lipinski definition) is 2. The lowest BCUT2D eigenvalue weighted by Crippen LogP contribution is -2.37. The molecule has 218 valence electrons. The van der Waals surface area contributed by atoms with E-state index < -0.39 is 22.5 Å². The van der Waals surface area contributed by atoms with E-state index in [-0.39, 0.29) is 35.4 Å². The highest BCUT2D eigenvalue weighted by atomic mass is 32.2. The maximum absolute atomic E-state index is 14.0. The second-order valence-electron chi connectivity index (χ2n) is 9.56. The highest BCUT2D eigenvalue weighted by molar-refractivity contribution is 7.93. The monoisotopic (exact) mass is 586 g/mol. The van der Waals surface area contributed by atoms with Gasteiger partial charge in [0, 0.05) is 29.6 Å². The third-order valence-corrected chi connectivity index (χ3v) is 8.69. The summed E-state index contributed by atoms with van der Waals surface area (Å²) in [5.74, 6) is -0.774. The molecule has 1 amide bonds. The molecular formula is C32H34N4O5S. The van der Waals surface area contributed by atoms with E-state index in [1.807, 2.05) is 37.3 Å². The zero-order valence-corrected chi connectivity index (χ0v) is 24.4. The molecule has 9 nitrogen and oxygen atoms in total. The number of nitrogens with two attached hydrogens (primary N) is 1. The van der Waals surface area contributed by atoms with Crippen molar-refractivity contribution < 1.29 is 22.7 Å². The molecule has 42 heavy (non-hydrogen) atoms. The fourth-order valence-corrected chi connectivity index (χ4v) is 6.34. The van der Waals surface area contributed by atoms with E-state index in [0.29, 0.717) is 29.6 Å². The molecule has 0 fully saturated rings. The molecular weight excluding hydrogens is 552 g/mol. The predicted molar refractivity (Wildman–Crippen MR) is 165 cm³/mol. The highest BCUT2D eigenvalue weighted by Crippen LogP contribution is 2.30. The number of amidine groups is 1. The van der Waals surface area contributed by atoms with Crippen LogP contribution in [0.5, 0.6) is 0 Å². The van der Waals surface area contributed by atoms with Crippen LogP contribution in [-0.4, -0.2) is 45.8 Å². The number of hydrogen-bond acceptors (Lipinski definition) is 6. The lowest BCUT2D eigenvalue weighted by atomic mass is 10.1. The molecule has 0 aliphatic carbocycles. The first-order valence-corrected chi connectivity index (χ1v) is 15.1. The number of carbonyl (C=O) groups excluding carboxylic acids is 2. The van der Waals surface area contributed by atoms with Crippen molar-refractivity contribution in [2.75, 3.05) is 28.9 Å². The normalized spacial score (nSPS) is 11.2. The number of amides is 1. The van der Waals surface area contributed by atoms with Crippen molar-refractivity contribution in [1.29, 1.82) is 5.41 Å². The molecule has 0 aromatic heterocycles. The quantitative estimate of drug-likeness (QED) is 0.138. The maximum Gasteiger partial charge on any atom is 0.326 e. The van der Waals surface area contributed by atoms with E-state index >= 15 is 0 Å². The number of carbonyl (C=O) groups is 2. The van der Waals surface area contributed by atoms with Crippen molar-refractivity contribution in [3.05, 3.63) is 102 Å². The van der Waals surface area contributed by atoms with Gasteiger partial charge in [0.25, 0.3) is 10.0 Å². The van der Waals surface area contributed by atoms with E-state index in [1.54, 1.807) is 66.4 Å². The Morgan fingerprint density at radius 2 is 1.50 bits per heavy atom. The average molecular weight is 587 g/mol. The number of fused-ring (bicyclic) bond motifs is 1. The van der Waals surface area contributed by atoms with Crippen LogP contribution < -0.4 is 14.9 Å². The second-order valence-corrected chi connectivity index (χ2v) is 11.4. The van der Waals surface area contributed by atoms with Gasteiger partial charge in [-0.25, -0.2) is 8.42 Å². The molecule has 0 aliphatic rings. The molecule has 10 heteroatoms. The summed E-state index contributed by atoms with van der Waals surface area (Å²) in [6.07, 6.45) is 0.779. The summed E-state index contributed by atoms with van der Waals surface area (Å²) in [5, 5.41) is 8.82. The van der Waals surface area contributed by atoms with Gasteiger partial charge < -0.3 is 15.4 Å². The summed E-state index contributed by atoms with van der Waals surface area (Å²) < 4.78 is 34.1. The Kier molecular flexibility index (Phi) is 9.59. The number of nitrogens with zero attached hydrogens (tertiary/aromatic N) is 2. The second kappa shape index (κ2) is 13.3. The van der Waals surface area contributed by atoms with Crippen LogP contribution in [0.15, 0.2) is 95.9 Å². The van der Waals surface area contributed by atoms with Gasteiger partial charge in [0.15, 0.2) is 0 Å². The van der Waals surface area contributed by atoms with Crippen LogP contribution in [0.4, 0.5) is 11.4 Å². The van der Waals surface area contributed by atoms with Crippen LogP contribution in [0.2, 0.25) is 0 Å². The largest absolute Gasteiger partial charge is 0.465 e. The number of nitrogen functional groups attached to an aromatic ring is 1. The van der Waals surface area contributed by atoms with Gasteiger partial charge in [-0.05, 0) is 61.5 Å². The molecule has 0 heterocycles. The predicted octanol–water partition coefficient (Wildman–Crippen LogP) is 4.87. The summed E-state index contributed by atoms with van der Waals surface area (Å²) >= 11 is 0. The van der Waals surface area contributed by atoms with Gasteiger partial charge in [-0.1, -0.05) is 60.7 Å². The van der Waals surface area contributed by atoms with Crippen molar-refractivity contribution in [2.45, 2.75) is 31.6 Å². The number of ether oxygens (including phenoxy) is 1. The minimum Gasteiger partial charge on any atom is -0.465 e. The van der Waals surface area contributed by atoms with Crippen LogP contribution in [0.3, 0.4) is 0 Å². The van der Waals surface area contributed by atoms with Crippen LogP contribution in [0, 0.1) is 5.41 Å². The Balaban J connectivity index is 1.59. The molecule has 0 saturated carbocycles. The van der Waals surface area contributed by atoms with Crippen molar-refractivity contribution >= 4 is 49.9 Å². The Morgan fingerprint density at radius 3 is 2.14 bits per heavy atom. The summed E-state index contributed by atoms with van der Waals surface area (Å²) in [7, 11) is -4.17. The smallest absolute Gasteiger partial charge is 0.326 e. The van der Waals surface area contributed by atoms with Gasteiger partial charge in [0.2, 0.25) is 5.91 Å². The number of anilines is 2. The number of sulfonamides is 1. The first kappa shape index (κ1) is 30.3. The van der Waals surface area contributed by atoms with E-state index in [4.69, 9.17) is 15.9 Å². The topological polar surface area (TPSA) is 134 Å². The number of benzene rings is 4. The molecule has 0 radical (unpaired) electrons. The SMILES string of the molecule is CCOC(=O)CN(c1ccc(N(CC)C(=O)CCc2ccc(C(=N)N)cc2)cc1)S(=O)(=O)c1cccc2ccccc12. The molecule has 4 rings (SSSR count). The van der Waals surface area contributed by atoms with Crippen molar-refractivity contribution in [3.8, 4) is 0 Å². The van der Waals surface area contributed by atoms with Crippen LogP contribution >= 0.6 is 0 Å². The maximum atomic E-state index is 14.0. The van der Waals surface area contributed by atoms with Gasteiger partial charge in [-0.15, -0.1) is 0 Å². The molecule has 4 aromatic carbocycles. The molecule has 0 atom stereocenters. The number of aryl methyl sites for hydroxylation is 1. The van der Waals surface area contributed by atoms with Gasteiger partial charge >= 0.3 is 5.97 Å². The van der Waals surface area contributed by atoms with Gasteiger partial charge in [0.05, 0.1) is 17.2 Å². The summed E-state index contributed by atoms with van der Waals surface area (Å²) in [4.78, 5) is 27.4. The molecule has 0 saturated heterocycles. The summed E-state index contributed by atoms with van der Waals surface area (Å²) in [6, 6.07) is 25.9. The van der Waals surface area contributed by atoms with Crippen LogP contribution in [0.1, 0.15) is 31.4 Å². The highest BCUT2D eigenvalue weighted by Gasteiger charge is 2.29. The van der Waals surface area contributed by atoms with E-state index in [9.17, 15) is 18.0 Å². The average Bonchev–Trinajstić information content (AvgIpc) is 2.99. The standard InChI is InChI=1S/C32H34N4O5S/c1-3-35(30(37)21-14-23-12-15-25(16-13-23)32(33)34)26-17-19-27(20-18-26)36(22-31(38)41-4-2)42(39,40)29-11-7-9-24-8-5-6-10-28(24)29/h5-13,15-20H,3-4,14,21-22H2,1-2H3,(H3,33,34). The minimum atomic E-state index is -4.17. The minimum absolute atomic E-state index is 0.0102. The van der Waals surface area contributed by atoms with E-state index in [0.717, 1.165) is 15.3 Å². The zero-order valence-electron chi connectivity index (χ0n) is 23.6. The summed E-state index contributed by atoms with van der Waals surface area (Å²) in [6.45, 7) is 3.56. The molecule has 4 aromatic rings. The van der Waals surface area contributed by atoms with E-state index in [1.165, 1.54) is 6.07 Å². The summed E-state index contributed by atoms with van der Waals surface area (Å²) in [5.41, 5.74) is 7.97. The van der Waals surface area contributed by atoms with Gasteiger partial charge in [0.1, 0.15) is 12.4 Å². The fraction of sp³-hybridized carbons (Fsp3) is 0.219. The van der Waals surface area contributed by atoms with Gasteiger partial charge in [-0.3, -0.25) is 19.3 Å². The zero-order chi connectivity index (χ0) is 30.3. The Morgan fingerprint density at radius 1 is 0.857 bits per heavy atom. The third-order valence-electron chi connectivity index (χ3n) is 6.85. The van der Waals surface area contributed by atoms with Crippen molar-refractivity contribution in [1.82, 2.24) is 0 Å². The fourth-order valence-electron chi connectivity index (χ4n) is 4.72. The Hall–Kier alpha value is -4.70. The van der Waals surface area contributed by atoms with Crippen molar-refractivity contribution in [2.24, 2.45) is 5.73 Å². The van der Waals surface area contributed by atoms with Gasteiger partial charge in [-0.2, -0.15) is 0 Å².